The van der Waals surface area contributed by atoms with Crippen molar-refractivity contribution < 1.29 is 0 Å². The molecule has 0 radical (unpaired) electrons. The van der Waals surface area contributed by atoms with Crippen LogP contribution < -0.4 is 5.32 Å². The third-order valence-electron chi connectivity index (χ3n) is 2.35. The third kappa shape index (κ3) is 2.61. The molecule has 2 rings (SSSR count). The molecule has 0 aliphatic carbocycles. The number of halogens is 1. The molecular weight excluding hydrogens is 264 g/mol. The Morgan fingerprint density at radius 3 is 2.31 bits per heavy atom. The van der Waals surface area contributed by atoms with Gasteiger partial charge in [0.05, 0.1) is 5.69 Å². The van der Waals surface area contributed by atoms with Gasteiger partial charge in [0, 0.05) is 10.2 Å². The lowest BCUT2D eigenvalue weighted by molar-refractivity contribution is 1.18. The maximum atomic E-state index is 4.43. The molecule has 1 aromatic heterocycles. The Kier molecular flexibility index (Phi) is 3.25. The van der Waals surface area contributed by atoms with Crippen molar-refractivity contribution in [2.45, 2.75) is 13.8 Å². The number of benzene rings is 1. The lowest BCUT2D eigenvalue weighted by Crippen LogP contribution is -1.95. The van der Waals surface area contributed by atoms with Crippen LogP contribution in [0.3, 0.4) is 0 Å². The molecule has 0 bridgehead atoms. The van der Waals surface area contributed by atoms with E-state index in [-0.39, 0.29) is 0 Å². The van der Waals surface area contributed by atoms with Crippen molar-refractivity contribution in [2.75, 3.05) is 5.32 Å². The summed E-state index contributed by atoms with van der Waals surface area (Å²) in [5, 5.41) is 3.27. The maximum absolute atomic E-state index is 4.43. The van der Waals surface area contributed by atoms with Crippen LogP contribution in [0.2, 0.25) is 0 Å². The Bertz CT molecular complexity index is 492. The molecule has 0 saturated heterocycles. The number of aromatic nitrogens is 1. The molecule has 1 heterocycles. The summed E-state index contributed by atoms with van der Waals surface area (Å²) in [6, 6.07) is 12.2. The van der Waals surface area contributed by atoms with E-state index in [0.29, 0.717) is 0 Å². The van der Waals surface area contributed by atoms with Crippen LogP contribution in [0.1, 0.15) is 11.3 Å². The SMILES string of the molecule is Cc1ccc(Nc2ccc(Br)c(C)n2)cc1. The second-order valence-electron chi connectivity index (χ2n) is 3.75. The highest BCUT2D eigenvalue weighted by atomic mass is 79.9. The Labute approximate surface area is 104 Å². The summed E-state index contributed by atoms with van der Waals surface area (Å²) in [7, 11) is 0. The smallest absolute Gasteiger partial charge is 0.130 e. The van der Waals surface area contributed by atoms with E-state index < -0.39 is 0 Å². The minimum atomic E-state index is 0.865. The molecule has 16 heavy (non-hydrogen) atoms. The van der Waals surface area contributed by atoms with Crippen LogP contribution >= 0.6 is 15.9 Å². The van der Waals surface area contributed by atoms with Crippen LogP contribution in [0.5, 0.6) is 0 Å². The molecule has 0 fully saturated rings. The highest BCUT2D eigenvalue weighted by Gasteiger charge is 1.99. The van der Waals surface area contributed by atoms with E-state index in [1.54, 1.807) is 0 Å². The summed E-state index contributed by atoms with van der Waals surface area (Å²) in [6.45, 7) is 4.05. The number of hydrogen-bond donors (Lipinski definition) is 1. The summed E-state index contributed by atoms with van der Waals surface area (Å²) in [5.41, 5.74) is 3.29. The standard InChI is InChI=1S/C13H13BrN2/c1-9-3-5-11(6-4-9)16-13-8-7-12(14)10(2)15-13/h3-8H,1-2H3,(H,15,16). The summed E-state index contributed by atoms with van der Waals surface area (Å²) in [5.74, 6) is 0.865. The lowest BCUT2D eigenvalue weighted by atomic mass is 10.2. The van der Waals surface area contributed by atoms with E-state index in [0.717, 1.165) is 21.7 Å². The van der Waals surface area contributed by atoms with Gasteiger partial charge in [0.15, 0.2) is 0 Å². The van der Waals surface area contributed by atoms with E-state index in [1.165, 1.54) is 5.56 Å². The van der Waals surface area contributed by atoms with Crippen LogP contribution in [0.15, 0.2) is 40.9 Å². The molecule has 0 unspecified atom stereocenters. The van der Waals surface area contributed by atoms with Crippen molar-refractivity contribution in [2.24, 2.45) is 0 Å². The Morgan fingerprint density at radius 1 is 1.00 bits per heavy atom. The van der Waals surface area contributed by atoms with E-state index in [2.05, 4.69) is 45.3 Å². The molecule has 2 aromatic rings. The molecule has 0 atom stereocenters. The third-order valence-corrected chi connectivity index (χ3v) is 3.18. The summed E-state index contributed by atoms with van der Waals surface area (Å²) in [6.07, 6.45) is 0. The molecular formula is C13H13BrN2. The van der Waals surface area contributed by atoms with Crippen molar-refractivity contribution in [3.63, 3.8) is 0 Å². The van der Waals surface area contributed by atoms with Gasteiger partial charge >= 0.3 is 0 Å². The van der Waals surface area contributed by atoms with Crippen LogP contribution in [-0.4, -0.2) is 4.98 Å². The van der Waals surface area contributed by atoms with Crippen molar-refractivity contribution >= 4 is 27.4 Å². The Hall–Kier alpha value is -1.35. The average molecular weight is 277 g/mol. The molecule has 3 heteroatoms. The normalized spacial score (nSPS) is 10.2. The highest BCUT2D eigenvalue weighted by molar-refractivity contribution is 9.10. The Morgan fingerprint density at radius 2 is 1.69 bits per heavy atom. The number of rotatable bonds is 2. The second-order valence-corrected chi connectivity index (χ2v) is 4.61. The molecule has 0 spiro atoms. The number of nitrogens with one attached hydrogen (secondary N) is 1. The molecule has 0 amide bonds. The van der Waals surface area contributed by atoms with Gasteiger partial charge < -0.3 is 5.32 Å². The largest absolute Gasteiger partial charge is 0.340 e. The number of pyridine rings is 1. The first-order valence-electron chi connectivity index (χ1n) is 5.12. The first-order chi connectivity index (χ1) is 7.65. The zero-order valence-electron chi connectivity index (χ0n) is 9.29. The second kappa shape index (κ2) is 4.66. The lowest BCUT2D eigenvalue weighted by Gasteiger charge is -2.07. The van der Waals surface area contributed by atoms with Gasteiger partial charge in [0.2, 0.25) is 0 Å². The highest BCUT2D eigenvalue weighted by Crippen LogP contribution is 2.19. The van der Waals surface area contributed by atoms with Gasteiger partial charge in [0.1, 0.15) is 5.82 Å². The Balaban J connectivity index is 2.20. The van der Waals surface area contributed by atoms with E-state index in [9.17, 15) is 0 Å². The molecule has 2 nitrogen and oxygen atoms in total. The quantitative estimate of drug-likeness (QED) is 0.889. The number of anilines is 2. The van der Waals surface area contributed by atoms with Gasteiger partial charge in [-0.1, -0.05) is 17.7 Å². The van der Waals surface area contributed by atoms with Gasteiger partial charge in [-0.25, -0.2) is 4.98 Å². The molecule has 0 aliphatic heterocycles. The summed E-state index contributed by atoms with van der Waals surface area (Å²) in [4.78, 5) is 4.43. The van der Waals surface area contributed by atoms with E-state index in [1.807, 2.05) is 31.2 Å². The fourth-order valence-electron chi connectivity index (χ4n) is 1.40. The molecule has 1 aromatic carbocycles. The number of nitrogens with zero attached hydrogens (tertiary/aromatic N) is 1. The van der Waals surface area contributed by atoms with Gasteiger partial charge in [-0.15, -0.1) is 0 Å². The topological polar surface area (TPSA) is 24.9 Å². The predicted octanol–water partition coefficient (Wildman–Crippen LogP) is 4.20. The molecule has 1 N–H and O–H groups in total. The van der Waals surface area contributed by atoms with Crippen molar-refractivity contribution in [3.8, 4) is 0 Å². The molecule has 0 aliphatic rings. The zero-order valence-corrected chi connectivity index (χ0v) is 10.9. The van der Waals surface area contributed by atoms with Crippen molar-refractivity contribution in [1.82, 2.24) is 4.98 Å². The molecule has 0 saturated carbocycles. The van der Waals surface area contributed by atoms with Crippen LogP contribution in [-0.2, 0) is 0 Å². The fourth-order valence-corrected chi connectivity index (χ4v) is 1.62. The monoisotopic (exact) mass is 276 g/mol. The fraction of sp³-hybridized carbons (Fsp3) is 0.154. The average Bonchev–Trinajstić information content (AvgIpc) is 2.27. The van der Waals surface area contributed by atoms with Crippen molar-refractivity contribution in [1.29, 1.82) is 0 Å². The van der Waals surface area contributed by atoms with E-state index in [4.69, 9.17) is 0 Å². The summed E-state index contributed by atoms with van der Waals surface area (Å²) >= 11 is 3.43. The first kappa shape index (κ1) is 11.1. The maximum Gasteiger partial charge on any atom is 0.130 e. The van der Waals surface area contributed by atoms with Crippen LogP contribution in [0.4, 0.5) is 11.5 Å². The molecule has 82 valence electrons. The predicted molar refractivity (Wildman–Crippen MR) is 71.1 cm³/mol. The first-order valence-corrected chi connectivity index (χ1v) is 5.91. The van der Waals surface area contributed by atoms with Crippen LogP contribution in [0.25, 0.3) is 0 Å². The van der Waals surface area contributed by atoms with Gasteiger partial charge in [-0.05, 0) is 54.0 Å². The zero-order chi connectivity index (χ0) is 11.5. The minimum absolute atomic E-state index is 0.865. The number of aryl methyl sites for hydroxylation is 2. The van der Waals surface area contributed by atoms with Gasteiger partial charge in [-0.3, -0.25) is 0 Å². The number of hydrogen-bond acceptors (Lipinski definition) is 2. The van der Waals surface area contributed by atoms with E-state index >= 15 is 0 Å². The minimum Gasteiger partial charge on any atom is -0.340 e. The van der Waals surface area contributed by atoms with Gasteiger partial charge in [-0.2, -0.15) is 0 Å². The van der Waals surface area contributed by atoms with Gasteiger partial charge in [0.25, 0.3) is 0 Å². The summed E-state index contributed by atoms with van der Waals surface area (Å²) < 4.78 is 1.03. The van der Waals surface area contributed by atoms with Crippen molar-refractivity contribution in [3.05, 3.63) is 52.1 Å². The van der Waals surface area contributed by atoms with Crippen LogP contribution in [0, 0.1) is 13.8 Å².